The Balaban J connectivity index is 1.69. The molecule has 1 N–H and O–H groups in total. The van der Waals surface area contributed by atoms with E-state index in [1.807, 2.05) is 24.3 Å². The first-order valence-corrected chi connectivity index (χ1v) is 10.3. The van der Waals surface area contributed by atoms with E-state index in [2.05, 4.69) is 10.2 Å². The number of rotatable bonds is 4. The summed E-state index contributed by atoms with van der Waals surface area (Å²) in [5.74, 6) is -0.286. The van der Waals surface area contributed by atoms with Gasteiger partial charge in [0.25, 0.3) is 5.91 Å². The van der Waals surface area contributed by atoms with Crippen LogP contribution in [0.15, 0.2) is 48.5 Å². The fraction of sp³-hybridized carbons (Fsp3) is 0.263. The van der Waals surface area contributed by atoms with Crippen LogP contribution in [0.5, 0.6) is 0 Å². The molecule has 27 heavy (non-hydrogen) atoms. The fourth-order valence-electron chi connectivity index (χ4n) is 2.99. The number of piperazine rings is 1. The number of carbonyl (C=O) groups excluding carboxylic acids is 1. The van der Waals surface area contributed by atoms with Crippen molar-refractivity contribution in [2.75, 3.05) is 42.7 Å². The van der Waals surface area contributed by atoms with E-state index in [9.17, 15) is 13.2 Å². The van der Waals surface area contributed by atoms with Crippen LogP contribution in [0.1, 0.15) is 15.9 Å². The average Bonchev–Trinajstić information content (AvgIpc) is 2.67. The van der Waals surface area contributed by atoms with Gasteiger partial charge in [0.05, 0.1) is 17.9 Å². The van der Waals surface area contributed by atoms with E-state index >= 15 is 0 Å². The largest absolute Gasteiger partial charge is 0.369 e. The molecule has 0 unspecified atom stereocenters. The minimum atomic E-state index is -3.17. The highest BCUT2D eigenvalue weighted by Crippen LogP contribution is 2.22. The lowest BCUT2D eigenvalue weighted by molar-refractivity contribution is 0.102. The molecule has 8 heteroatoms. The van der Waals surface area contributed by atoms with E-state index in [0.717, 1.165) is 5.69 Å². The number of nitrogens with zero attached hydrogens (tertiary/aromatic N) is 3. The summed E-state index contributed by atoms with van der Waals surface area (Å²) >= 11 is 0. The molecule has 0 aromatic heterocycles. The second-order valence-corrected chi connectivity index (χ2v) is 8.33. The Bertz CT molecular complexity index is 990. The highest BCUT2D eigenvalue weighted by atomic mass is 32.2. The Morgan fingerprint density at radius 2 is 1.78 bits per heavy atom. The number of anilines is 2. The van der Waals surface area contributed by atoms with Crippen molar-refractivity contribution in [3.05, 3.63) is 59.7 Å². The molecular weight excluding hydrogens is 364 g/mol. The molecule has 140 valence electrons. The molecule has 1 heterocycles. The molecule has 1 saturated heterocycles. The van der Waals surface area contributed by atoms with Crippen molar-refractivity contribution in [3.8, 4) is 6.07 Å². The van der Waals surface area contributed by atoms with Crippen molar-refractivity contribution < 1.29 is 13.2 Å². The molecular formula is C19H20N4O3S. The molecule has 1 aliphatic heterocycles. The van der Waals surface area contributed by atoms with Gasteiger partial charge < -0.3 is 10.2 Å². The van der Waals surface area contributed by atoms with Gasteiger partial charge in [0, 0.05) is 43.1 Å². The first kappa shape index (κ1) is 18.9. The molecule has 2 aromatic carbocycles. The highest BCUT2D eigenvalue weighted by molar-refractivity contribution is 7.88. The topological polar surface area (TPSA) is 93.5 Å². The molecule has 0 spiro atoms. The van der Waals surface area contributed by atoms with Crippen molar-refractivity contribution in [2.45, 2.75) is 0 Å². The quantitative estimate of drug-likeness (QED) is 0.869. The number of carbonyl (C=O) groups is 1. The number of amides is 1. The minimum Gasteiger partial charge on any atom is -0.369 e. The third-order valence-corrected chi connectivity index (χ3v) is 5.73. The van der Waals surface area contributed by atoms with Crippen molar-refractivity contribution in [1.82, 2.24) is 4.31 Å². The van der Waals surface area contributed by atoms with Crippen LogP contribution < -0.4 is 10.2 Å². The zero-order valence-corrected chi connectivity index (χ0v) is 15.7. The summed E-state index contributed by atoms with van der Waals surface area (Å²) in [5, 5.41) is 11.8. The summed E-state index contributed by atoms with van der Waals surface area (Å²) in [4.78, 5) is 14.5. The molecule has 7 nitrogen and oxygen atoms in total. The van der Waals surface area contributed by atoms with Gasteiger partial charge in [-0.1, -0.05) is 12.1 Å². The van der Waals surface area contributed by atoms with Crippen LogP contribution in [0, 0.1) is 11.3 Å². The lowest BCUT2D eigenvalue weighted by Crippen LogP contribution is -2.48. The van der Waals surface area contributed by atoms with Crippen molar-refractivity contribution in [3.63, 3.8) is 0 Å². The summed E-state index contributed by atoms with van der Waals surface area (Å²) in [7, 11) is -3.17. The molecule has 0 aliphatic carbocycles. The monoisotopic (exact) mass is 384 g/mol. The summed E-state index contributed by atoms with van der Waals surface area (Å²) in [6.45, 7) is 2.07. The van der Waals surface area contributed by atoms with Gasteiger partial charge in [-0.2, -0.15) is 9.57 Å². The standard InChI is InChI=1S/C19H20N4O3S/c1-27(25,26)23-10-8-22(9-11-23)18-7-3-6-17(13-18)21-19(24)16-5-2-4-15(12-16)14-20/h2-7,12-13H,8-11H2,1H3,(H,21,24). The van der Waals surface area contributed by atoms with Gasteiger partial charge >= 0.3 is 0 Å². The van der Waals surface area contributed by atoms with Gasteiger partial charge in [0.1, 0.15) is 0 Å². The predicted octanol–water partition coefficient (Wildman–Crippen LogP) is 1.89. The average molecular weight is 384 g/mol. The first-order chi connectivity index (χ1) is 12.9. The van der Waals surface area contributed by atoms with Crippen LogP contribution in [0.3, 0.4) is 0 Å². The maximum absolute atomic E-state index is 12.4. The molecule has 1 aliphatic rings. The first-order valence-electron chi connectivity index (χ1n) is 8.48. The van der Waals surface area contributed by atoms with Crippen LogP contribution in [-0.2, 0) is 10.0 Å². The van der Waals surface area contributed by atoms with Crippen molar-refractivity contribution in [2.24, 2.45) is 0 Å². The second kappa shape index (κ2) is 7.78. The zero-order valence-electron chi connectivity index (χ0n) is 14.9. The molecule has 0 atom stereocenters. The number of hydrogen-bond acceptors (Lipinski definition) is 5. The van der Waals surface area contributed by atoms with E-state index in [1.54, 1.807) is 30.3 Å². The maximum Gasteiger partial charge on any atom is 0.255 e. The lowest BCUT2D eigenvalue weighted by atomic mass is 10.1. The van der Waals surface area contributed by atoms with Gasteiger partial charge in [-0.3, -0.25) is 4.79 Å². The second-order valence-electron chi connectivity index (χ2n) is 6.35. The molecule has 2 aromatic rings. The van der Waals surface area contributed by atoms with Gasteiger partial charge in [-0.25, -0.2) is 8.42 Å². The molecule has 3 rings (SSSR count). The maximum atomic E-state index is 12.4. The molecule has 0 bridgehead atoms. The third-order valence-electron chi connectivity index (χ3n) is 4.43. The van der Waals surface area contributed by atoms with E-state index in [0.29, 0.717) is 43.0 Å². The Hall–Kier alpha value is -2.89. The van der Waals surface area contributed by atoms with E-state index in [-0.39, 0.29) is 5.91 Å². The number of hydrogen-bond donors (Lipinski definition) is 1. The zero-order chi connectivity index (χ0) is 19.4. The fourth-order valence-corrected chi connectivity index (χ4v) is 3.82. The smallest absolute Gasteiger partial charge is 0.255 e. The number of sulfonamides is 1. The van der Waals surface area contributed by atoms with Gasteiger partial charge in [-0.15, -0.1) is 0 Å². The summed E-state index contributed by atoms with van der Waals surface area (Å²) < 4.78 is 24.7. The molecule has 1 fully saturated rings. The Morgan fingerprint density at radius 1 is 1.07 bits per heavy atom. The summed E-state index contributed by atoms with van der Waals surface area (Å²) in [6.07, 6.45) is 1.22. The third kappa shape index (κ3) is 4.64. The van der Waals surface area contributed by atoms with Gasteiger partial charge in [0.2, 0.25) is 10.0 Å². The number of nitriles is 1. The molecule has 0 saturated carbocycles. The minimum absolute atomic E-state index is 0.286. The number of benzene rings is 2. The predicted molar refractivity (Wildman–Crippen MR) is 104 cm³/mol. The lowest BCUT2D eigenvalue weighted by Gasteiger charge is -2.34. The van der Waals surface area contributed by atoms with Gasteiger partial charge in [0.15, 0.2) is 0 Å². The normalized spacial score (nSPS) is 15.2. The SMILES string of the molecule is CS(=O)(=O)N1CCN(c2cccc(NC(=O)c3cccc(C#N)c3)c2)CC1. The van der Waals surface area contributed by atoms with Crippen LogP contribution in [0.25, 0.3) is 0 Å². The molecule has 0 radical (unpaired) electrons. The van der Waals surface area contributed by atoms with Crippen LogP contribution in [0.2, 0.25) is 0 Å². The Kier molecular flexibility index (Phi) is 5.44. The van der Waals surface area contributed by atoms with Crippen molar-refractivity contribution >= 4 is 27.3 Å². The van der Waals surface area contributed by atoms with E-state index in [4.69, 9.17) is 5.26 Å². The Morgan fingerprint density at radius 3 is 2.44 bits per heavy atom. The number of nitrogens with one attached hydrogen (secondary N) is 1. The van der Waals surface area contributed by atoms with Crippen LogP contribution >= 0.6 is 0 Å². The van der Waals surface area contributed by atoms with Crippen molar-refractivity contribution in [1.29, 1.82) is 5.26 Å². The van der Waals surface area contributed by atoms with Crippen LogP contribution in [-0.4, -0.2) is 51.1 Å². The Labute approximate surface area is 158 Å². The summed E-state index contributed by atoms with van der Waals surface area (Å²) in [5.41, 5.74) is 2.42. The summed E-state index contributed by atoms with van der Waals surface area (Å²) in [6, 6.07) is 16.0. The van der Waals surface area contributed by atoms with E-state index in [1.165, 1.54) is 10.6 Å². The van der Waals surface area contributed by atoms with Gasteiger partial charge in [-0.05, 0) is 36.4 Å². The van der Waals surface area contributed by atoms with E-state index < -0.39 is 10.0 Å². The van der Waals surface area contributed by atoms with Crippen LogP contribution in [0.4, 0.5) is 11.4 Å². The molecule has 1 amide bonds. The highest BCUT2D eigenvalue weighted by Gasteiger charge is 2.23.